The highest BCUT2D eigenvalue weighted by Gasteiger charge is 2.40. The average Bonchev–Trinajstić information content (AvgIpc) is 2.79. The van der Waals surface area contributed by atoms with E-state index in [2.05, 4.69) is 5.32 Å². The summed E-state index contributed by atoms with van der Waals surface area (Å²) >= 11 is 0. The molecular weight excluding hydrogens is 352 g/mol. The monoisotopic (exact) mass is 378 g/mol. The number of anilines is 1. The number of aryl methyl sites for hydroxylation is 2. The van der Waals surface area contributed by atoms with Gasteiger partial charge in [0.2, 0.25) is 5.91 Å². The molecule has 2 fully saturated rings. The van der Waals surface area contributed by atoms with E-state index in [4.69, 9.17) is 5.73 Å². The van der Waals surface area contributed by atoms with Crippen LogP contribution in [0.1, 0.15) is 32.1 Å². The van der Waals surface area contributed by atoms with E-state index in [1.165, 1.54) is 6.42 Å². The van der Waals surface area contributed by atoms with Crippen molar-refractivity contribution in [3.8, 4) is 0 Å². The van der Waals surface area contributed by atoms with Gasteiger partial charge in [-0.25, -0.2) is 4.79 Å². The molecule has 2 bridgehead atoms. The van der Waals surface area contributed by atoms with Gasteiger partial charge < -0.3 is 11.1 Å². The van der Waals surface area contributed by atoms with Crippen molar-refractivity contribution in [2.45, 2.75) is 38.1 Å². The third-order valence-corrected chi connectivity index (χ3v) is 6.32. The summed E-state index contributed by atoms with van der Waals surface area (Å²) < 4.78 is 3.22. The number of hydrogen-bond donors (Lipinski definition) is 2. The molecule has 2 unspecified atom stereocenters. The number of amides is 1. The molecule has 2 saturated carbocycles. The lowest BCUT2D eigenvalue weighted by atomic mass is 9.65. The van der Waals surface area contributed by atoms with Gasteiger partial charge in [0.15, 0.2) is 0 Å². The summed E-state index contributed by atoms with van der Waals surface area (Å²) in [6, 6.07) is 5.91. The number of fused-ring (bicyclic) bond motifs is 3. The number of carbonyl (C=O) groups is 1. The number of halogens is 1. The highest BCUT2D eigenvalue weighted by molar-refractivity contribution is 5.94. The van der Waals surface area contributed by atoms with Crippen LogP contribution in [-0.2, 0) is 18.9 Å². The average molecular weight is 379 g/mol. The van der Waals surface area contributed by atoms with Crippen LogP contribution in [0.4, 0.5) is 5.69 Å². The van der Waals surface area contributed by atoms with Crippen LogP contribution < -0.4 is 16.7 Å². The first-order valence-electron chi connectivity index (χ1n) is 9.17. The Balaban J connectivity index is 0.00000196. The molecule has 2 aliphatic carbocycles. The Morgan fingerprint density at radius 3 is 2.38 bits per heavy atom. The molecule has 1 heterocycles. The predicted molar refractivity (Wildman–Crippen MR) is 106 cm³/mol. The summed E-state index contributed by atoms with van der Waals surface area (Å²) in [5.41, 5.74) is 8.71. The maximum atomic E-state index is 12.8. The lowest BCUT2D eigenvalue weighted by Crippen LogP contribution is -2.48. The van der Waals surface area contributed by atoms with Crippen LogP contribution in [-0.4, -0.2) is 21.1 Å². The molecule has 0 spiro atoms. The third kappa shape index (κ3) is 3.05. The fourth-order valence-electron chi connectivity index (χ4n) is 4.83. The van der Waals surface area contributed by atoms with Gasteiger partial charge in [-0.3, -0.25) is 13.9 Å². The lowest BCUT2D eigenvalue weighted by Gasteiger charge is -2.43. The summed E-state index contributed by atoms with van der Waals surface area (Å²) in [5.74, 6) is 1.11. The fraction of sp³-hybridized carbons (Fsp3) is 0.579. The number of nitrogens with two attached hydrogens (primary N) is 1. The van der Waals surface area contributed by atoms with Crippen molar-refractivity contribution < 1.29 is 4.79 Å². The fourth-order valence-corrected chi connectivity index (χ4v) is 4.83. The first-order chi connectivity index (χ1) is 12.0. The second kappa shape index (κ2) is 7.08. The number of aromatic nitrogens is 2. The lowest BCUT2D eigenvalue weighted by molar-refractivity contribution is -0.122. The highest BCUT2D eigenvalue weighted by atomic mass is 35.5. The van der Waals surface area contributed by atoms with E-state index in [0.717, 1.165) is 42.4 Å². The van der Waals surface area contributed by atoms with Crippen LogP contribution in [0.3, 0.4) is 0 Å². The van der Waals surface area contributed by atoms with E-state index in [0.29, 0.717) is 11.8 Å². The molecule has 26 heavy (non-hydrogen) atoms. The van der Waals surface area contributed by atoms with Gasteiger partial charge in [0.05, 0.1) is 11.0 Å². The maximum Gasteiger partial charge on any atom is 0.328 e. The summed E-state index contributed by atoms with van der Waals surface area (Å²) in [5, 5.41) is 3.06. The van der Waals surface area contributed by atoms with Gasteiger partial charge in [0, 0.05) is 31.7 Å². The molecule has 2 aromatic rings. The van der Waals surface area contributed by atoms with Crippen molar-refractivity contribution in [1.29, 1.82) is 0 Å². The summed E-state index contributed by atoms with van der Waals surface area (Å²) in [7, 11) is 3.51. The zero-order valence-electron chi connectivity index (χ0n) is 15.3. The second-order valence-corrected chi connectivity index (χ2v) is 7.79. The van der Waals surface area contributed by atoms with Crippen LogP contribution in [0.25, 0.3) is 11.0 Å². The number of imidazole rings is 1. The Morgan fingerprint density at radius 1 is 1.12 bits per heavy atom. The van der Waals surface area contributed by atoms with Crippen molar-refractivity contribution in [2.24, 2.45) is 37.6 Å². The molecule has 1 aromatic heterocycles. The van der Waals surface area contributed by atoms with E-state index < -0.39 is 0 Å². The van der Waals surface area contributed by atoms with E-state index in [1.807, 2.05) is 18.2 Å². The van der Waals surface area contributed by atoms with Gasteiger partial charge >= 0.3 is 5.69 Å². The minimum atomic E-state index is -0.0624. The maximum absolute atomic E-state index is 12.8. The Morgan fingerprint density at radius 2 is 1.73 bits per heavy atom. The van der Waals surface area contributed by atoms with Crippen molar-refractivity contribution >= 4 is 35.0 Å². The molecule has 4 rings (SSSR count). The van der Waals surface area contributed by atoms with Crippen molar-refractivity contribution in [3.05, 3.63) is 28.7 Å². The molecule has 0 radical (unpaired) electrons. The van der Waals surface area contributed by atoms with Crippen molar-refractivity contribution in [2.75, 3.05) is 5.32 Å². The molecule has 0 aliphatic heterocycles. The summed E-state index contributed by atoms with van der Waals surface area (Å²) in [6.07, 6.45) is 5.35. The van der Waals surface area contributed by atoms with E-state index >= 15 is 0 Å². The molecule has 6 nitrogen and oxygen atoms in total. The Labute approximate surface area is 159 Å². The predicted octanol–water partition coefficient (Wildman–Crippen LogP) is 2.39. The molecular formula is C19H27ClN4O2. The van der Waals surface area contributed by atoms with Gasteiger partial charge in [-0.1, -0.05) is 6.42 Å². The zero-order valence-corrected chi connectivity index (χ0v) is 16.1. The number of nitrogens with one attached hydrogen (secondary N) is 1. The van der Waals surface area contributed by atoms with E-state index in [1.54, 1.807) is 23.2 Å². The van der Waals surface area contributed by atoms with Gasteiger partial charge in [-0.05, 0) is 55.7 Å². The molecule has 2 atom stereocenters. The Kier molecular flexibility index (Phi) is 5.17. The largest absolute Gasteiger partial charge is 0.328 e. The standard InChI is InChI=1S/C19H26N4O2.ClH/c1-22-15-7-6-14(10-16(15)23(2)19(22)25)21-18(24)13-8-11-4-3-5-12(9-13)17(11)20;/h6-7,10-13,17H,3-5,8-9,20H2,1-2H3,(H,21,24);1H. The highest BCUT2D eigenvalue weighted by Crippen LogP contribution is 2.42. The van der Waals surface area contributed by atoms with Crippen LogP contribution in [0.5, 0.6) is 0 Å². The number of rotatable bonds is 2. The third-order valence-electron chi connectivity index (χ3n) is 6.32. The van der Waals surface area contributed by atoms with E-state index in [9.17, 15) is 9.59 Å². The number of nitrogens with zero attached hydrogens (tertiary/aromatic N) is 2. The Hall–Kier alpha value is -1.79. The number of benzene rings is 1. The minimum absolute atomic E-state index is 0. The van der Waals surface area contributed by atoms with Crippen LogP contribution >= 0.6 is 12.4 Å². The molecule has 1 amide bonds. The minimum Gasteiger partial charge on any atom is -0.327 e. The first-order valence-corrected chi connectivity index (χ1v) is 9.17. The SMILES string of the molecule is Cl.Cn1c(=O)n(C)c2cc(NC(=O)C3CC4CCCC(C3)C4N)ccc21. The van der Waals surface area contributed by atoms with Crippen LogP contribution in [0.15, 0.2) is 23.0 Å². The van der Waals surface area contributed by atoms with Gasteiger partial charge in [0.1, 0.15) is 0 Å². The topological polar surface area (TPSA) is 82.0 Å². The summed E-state index contributed by atoms with van der Waals surface area (Å²) in [4.78, 5) is 24.8. The van der Waals surface area contributed by atoms with Crippen molar-refractivity contribution in [3.63, 3.8) is 0 Å². The van der Waals surface area contributed by atoms with Gasteiger partial charge in [-0.15, -0.1) is 12.4 Å². The smallest absolute Gasteiger partial charge is 0.327 e. The normalized spacial score (nSPS) is 27.8. The van der Waals surface area contributed by atoms with Gasteiger partial charge in [-0.2, -0.15) is 0 Å². The molecule has 7 heteroatoms. The quantitative estimate of drug-likeness (QED) is 0.841. The molecule has 3 N–H and O–H groups in total. The van der Waals surface area contributed by atoms with Crippen LogP contribution in [0, 0.1) is 17.8 Å². The van der Waals surface area contributed by atoms with Gasteiger partial charge in [0.25, 0.3) is 0 Å². The first kappa shape index (κ1) is 19.0. The van der Waals surface area contributed by atoms with Crippen molar-refractivity contribution in [1.82, 2.24) is 9.13 Å². The zero-order chi connectivity index (χ0) is 17.7. The molecule has 1 aromatic carbocycles. The molecule has 2 aliphatic rings. The molecule has 142 valence electrons. The molecule has 0 saturated heterocycles. The Bertz CT molecular complexity index is 874. The van der Waals surface area contributed by atoms with E-state index in [-0.39, 0.29) is 36.0 Å². The number of carbonyl (C=O) groups excluding carboxylic acids is 1. The second-order valence-electron chi connectivity index (χ2n) is 7.79. The number of hydrogen-bond acceptors (Lipinski definition) is 3. The summed E-state index contributed by atoms with van der Waals surface area (Å²) in [6.45, 7) is 0. The van der Waals surface area contributed by atoms with Crippen LogP contribution in [0.2, 0.25) is 0 Å².